The van der Waals surface area contributed by atoms with Gasteiger partial charge >= 0.3 is 0 Å². The molecule has 0 bridgehead atoms. The first-order valence-electron chi connectivity index (χ1n) is 18.7. The molecule has 254 valence electrons. The number of piperidine rings is 1. The van der Waals surface area contributed by atoms with Crippen LogP contribution in [0, 0.1) is 23.0 Å². The van der Waals surface area contributed by atoms with E-state index < -0.39 is 5.82 Å². The van der Waals surface area contributed by atoms with E-state index in [0.29, 0.717) is 27.8 Å². The SMILES string of the molecule is C=C1c2c(F)c(-c3ccc(C4(CCCN5CCC(CC)CC5)CC45CC5)cc3)cc(F)c2CN1C(C(=S)CCC)c1ncn2c1CCC2. The lowest BCUT2D eigenvalue weighted by Gasteiger charge is -2.32. The molecule has 3 aromatic rings. The number of rotatable bonds is 12. The third kappa shape index (κ3) is 5.30. The van der Waals surface area contributed by atoms with Crippen molar-refractivity contribution in [3.8, 4) is 11.1 Å². The fourth-order valence-electron chi connectivity index (χ4n) is 9.81. The van der Waals surface area contributed by atoms with Gasteiger partial charge in [-0.05, 0) is 112 Å². The number of nitrogens with zero attached hydrogens (tertiary/aromatic N) is 4. The summed E-state index contributed by atoms with van der Waals surface area (Å²) in [6.45, 7) is 13.7. The molecule has 4 heterocycles. The molecular formula is C41H50F2N4S. The van der Waals surface area contributed by atoms with Crippen molar-refractivity contribution < 1.29 is 8.78 Å². The molecule has 4 nitrogen and oxygen atoms in total. The van der Waals surface area contributed by atoms with Gasteiger partial charge in [0.15, 0.2) is 0 Å². The highest BCUT2D eigenvalue weighted by molar-refractivity contribution is 7.80. The summed E-state index contributed by atoms with van der Waals surface area (Å²) in [4.78, 5) is 10.3. The molecule has 2 unspecified atom stereocenters. The molecule has 5 aliphatic rings. The summed E-state index contributed by atoms with van der Waals surface area (Å²) in [5.74, 6) is 0.130. The van der Waals surface area contributed by atoms with Crippen molar-refractivity contribution in [3.63, 3.8) is 0 Å². The first-order valence-corrected chi connectivity index (χ1v) is 19.1. The Morgan fingerprint density at radius 2 is 1.88 bits per heavy atom. The van der Waals surface area contributed by atoms with Gasteiger partial charge in [0.2, 0.25) is 0 Å². The Morgan fingerprint density at radius 3 is 2.56 bits per heavy atom. The second-order valence-electron chi connectivity index (χ2n) is 15.6. The molecule has 7 heteroatoms. The van der Waals surface area contributed by atoms with Crippen molar-refractivity contribution >= 4 is 22.8 Å². The van der Waals surface area contributed by atoms with Gasteiger partial charge in [-0.2, -0.15) is 0 Å². The van der Waals surface area contributed by atoms with Gasteiger partial charge in [-0.1, -0.05) is 69.8 Å². The lowest BCUT2D eigenvalue weighted by Crippen LogP contribution is -2.34. The molecule has 0 N–H and O–H groups in total. The van der Waals surface area contributed by atoms with Crippen LogP contribution in [0.4, 0.5) is 8.78 Å². The Balaban J connectivity index is 1.03. The van der Waals surface area contributed by atoms with Crippen LogP contribution in [0.2, 0.25) is 0 Å². The normalized spacial score (nSPS) is 23.5. The van der Waals surface area contributed by atoms with E-state index in [4.69, 9.17) is 17.2 Å². The predicted molar refractivity (Wildman–Crippen MR) is 194 cm³/mol. The zero-order chi connectivity index (χ0) is 33.2. The first kappa shape index (κ1) is 32.3. The molecule has 0 amide bonds. The summed E-state index contributed by atoms with van der Waals surface area (Å²) in [6, 6.07) is 9.52. The van der Waals surface area contributed by atoms with Crippen LogP contribution < -0.4 is 0 Å². The number of aryl methyl sites for hydroxylation is 1. The molecular weight excluding hydrogens is 619 g/mol. The number of aromatic nitrogens is 2. The Hall–Kier alpha value is -2.90. The van der Waals surface area contributed by atoms with Gasteiger partial charge in [0.25, 0.3) is 0 Å². The average Bonchev–Trinajstić information content (AvgIpc) is 3.77. The quantitative estimate of drug-likeness (QED) is 0.179. The Kier molecular flexibility index (Phi) is 8.38. The number of likely N-dealkylation sites (tertiary alicyclic amines) is 1. The topological polar surface area (TPSA) is 24.3 Å². The van der Waals surface area contributed by atoms with Gasteiger partial charge in [-0.3, -0.25) is 0 Å². The molecule has 2 aromatic carbocycles. The van der Waals surface area contributed by atoms with Crippen molar-refractivity contribution in [2.45, 2.75) is 115 Å². The fourth-order valence-corrected chi connectivity index (χ4v) is 10.3. The number of halogens is 2. The number of thiocarbonyl (C=S) groups is 1. The van der Waals surface area contributed by atoms with Gasteiger partial charge in [-0.15, -0.1) is 0 Å². The van der Waals surface area contributed by atoms with Crippen LogP contribution in [-0.2, 0) is 24.9 Å². The van der Waals surface area contributed by atoms with E-state index in [9.17, 15) is 0 Å². The Morgan fingerprint density at radius 1 is 1.10 bits per heavy atom. The minimum absolute atomic E-state index is 0.234. The number of hydrogen-bond donors (Lipinski definition) is 0. The van der Waals surface area contributed by atoms with Gasteiger partial charge in [-0.25, -0.2) is 13.8 Å². The molecule has 1 aromatic heterocycles. The van der Waals surface area contributed by atoms with Crippen molar-refractivity contribution in [2.75, 3.05) is 19.6 Å². The molecule has 3 aliphatic heterocycles. The predicted octanol–water partition coefficient (Wildman–Crippen LogP) is 9.80. The van der Waals surface area contributed by atoms with E-state index in [2.05, 4.69) is 42.0 Å². The van der Waals surface area contributed by atoms with Gasteiger partial charge in [0.1, 0.15) is 17.7 Å². The lowest BCUT2D eigenvalue weighted by molar-refractivity contribution is 0.177. The van der Waals surface area contributed by atoms with E-state index in [1.165, 1.54) is 88.3 Å². The van der Waals surface area contributed by atoms with Crippen molar-refractivity contribution in [1.82, 2.24) is 19.4 Å². The summed E-state index contributed by atoms with van der Waals surface area (Å²) in [7, 11) is 0. The first-order chi connectivity index (χ1) is 23.3. The minimum atomic E-state index is -0.395. The van der Waals surface area contributed by atoms with Gasteiger partial charge < -0.3 is 14.4 Å². The molecule has 0 radical (unpaired) electrons. The van der Waals surface area contributed by atoms with Gasteiger partial charge in [0, 0.05) is 51.5 Å². The van der Waals surface area contributed by atoms with Crippen molar-refractivity contribution in [1.29, 1.82) is 0 Å². The van der Waals surface area contributed by atoms with E-state index in [1.807, 2.05) is 23.4 Å². The largest absolute Gasteiger partial charge is 0.354 e. The molecule has 3 fully saturated rings. The maximum atomic E-state index is 16.6. The monoisotopic (exact) mass is 668 g/mol. The summed E-state index contributed by atoms with van der Waals surface area (Å²) in [5.41, 5.74) is 6.38. The van der Waals surface area contributed by atoms with E-state index in [1.54, 1.807) is 0 Å². The number of fused-ring (bicyclic) bond motifs is 2. The Labute approximate surface area is 290 Å². The van der Waals surface area contributed by atoms with Crippen LogP contribution in [0.3, 0.4) is 0 Å². The maximum absolute atomic E-state index is 16.6. The van der Waals surface area contributed by atoms with Crippen molar-refractivity contribution in [3.05, 3.63) is 83.0 Å². The van der Waals surface area contributed by atoms with Crippen LogP contribution in [-0.4, -0.2) is 43.8 Å². The second kappa shape index (κ2) is 12.5. The molecule has 1 spiro atoms. The fraction of sp³-hybridized carbons (Fsp3) is 0.561. The third-order valence-corrected chi connectivity index (χ3v) is 13.4. The number of hydrogen-bond acceptors (Lipinski definition) is 4. The maximum Gasteiger partial charge on any atom is 0.140 e. The lowest BCUT2D eigenvalue weighted by atomic mass is 9.86. The zero-order valence-corrected chi connectivity index (χ0v) is 29.6. The van der Waals surface area contributed by atoms with E-state index >= 15 is 8.78 Å². The summed E-state index contributed by atoms with van der Waals surface area (Å²) in [5, 5.41) is 0. The van der Waals surface area contributed by atoms with E-state index in [-0.39, 0.29) is 29.4 Å². The number of imidazole rings is 1. The van der Waals surface area contributed by atoms with Crippen LogP contribution in [0.15, 0.2) is 43.2 Å². The van der Waals surface area contributed by atoms with E-state index in [0.717, 1.165) is 48.7 Å². The van der Waals surface area contributed by atoms with Crippen LogP contribution in [0.5, 0.6) is 0 Å². The molecule has 48 heavy (non-hydrogen) atoms. The molecule has 8 rings (SSSR count). The molecule has 2 aliphatic carbocycles. The second-order valence-corrected chi connectivity index (χ2v) is 16.1. The molecule has 2 atom stereocenters. The van der Waals surface area contributed by atoms with Crippen molar-refractivity contribution in [2.24, 2.45) is 11.3 Å². The minimum Gasteiger partial charge on any atom is -0.354 e. The summed E-state index contributed by atoms with van der Waals surface area (Å²) in [6.07, 6.45) is 15.9. The van der Waals surface area contributed by atoms with Crippen LogP contribution in [0.25, 0.3) is 16.8 Å². The Bertz CT molecular complexity index is 1730. The molecule has 1 saturated heterocycles. The molecule has 2 saturated carbocycles. The van der Waals surface area contributed by atoms with Crippen LogP contribution >= 0.6 is 12.2 Å². The third-order valence-electron chi connectivity index (χ3n) is 12.9. The standard InChI is InChI=1S/C41H50F2N4S/c1-4-8-35(48)39(38-34-9-6-20-46(34)26-44-38)47-24-32-33(42)23-31(37(43)36(32)27(47)3)29-10-12-30(13-11-29)41(25-40(41)17-18-40)16-7-19-45-21-14-28(5-2)15-22-45/h10-13,23,26,28,39H,3-9,14-22,24-25H2,1-2H3. The summed E-state index contributed by atoms with van der Waals surface area (Å²) < 4.78 is 34.8. The zero-order valence-electron chi connectivity index (χ0n) is 28.8. The highest BCUT2D eigenvalue weighted by atomic mass is 32.1. The average molecular weight is 669 g/mol. The van der Waals surface area contributed by atoms with Crippen LogP contribution in [0.1, 0.15) is 119 Å². The highest BCUT2D eigenvalue weighted by Gasteiger charge is 2.73. The summed E-state index contributed by atoms with van der Waals surface area (Å²) >= 11 is 5.98. The highest BCUT2D eigenvalue weighted by Crippen LogP contribution is 2.80. The van der Waals surface area contributed by atoms with Gasteiger partial charge in [0.05, 0.1) is 12.0 Å². The number of benzene rings is 2. The smallest absolute Gasteiger partial charge is 0.140 e.